The first-order valence-corrected chi connectivity index (χ1v) is 8.76. The predicted octanol–water partition coefficient (Wildman–Crippen LogP) is 1.13. The Morgan fingerprint density at radius 1 is 1.15 bits per heavy atom. The van der Waals surface area contributed by atoms with E-state index in [2.05, 4.69) is 5.32 Å². The van der Waals surface area contributed by atoms with Gasteiger partial charge in [0.1, 0.15) is 6.61 Å². The molecule has 0 aliphatic carbocycles. The standard InChI is InChI=1S/C19H29N3O4/c1-19(2,3)20-17(23)11-21(4)12-18(24)22(5)10-14-13-25-15-8-6-7-9-16(15)26-14/h6-9,14H,10-13H2,1-5H3,(H,20,23)/t14-/m1/s1. The molecule has 0 spiro atoms. The van der Waals surface area contributed by atoms with Gasteiger partial charge in [-0.2, -0.15) is 0 Å². The molecular weight excluding hydrogens is 334 g/mol. The molecular formula is C19H29N3O4. The molecule has 7 nitrogen and oxygen atoms in total. The number of rotatable bonds is 6. The highest BCUT2D eigenvalue weighted by atomic mass is 16.6. The second-order valence-corrected chi connectivity index (χ2v) is 7.74. The van der Waals surface area contributed by atoms with Crippen molar-refractivity contribution in [3.63, 3.8) is 0 Å². The Balaban J connectivity index is 1.78. The topological polar surface area (TPSA) is 71.1 Å². The summed E-state index contributed by atoms with van der Waals surface area (Å²) in [7, 11) is 3.49. The molecule has 26 heavy (non-hydrogen) atoms. The van der Waals surface area contributed by atoms with Crippen molar-refractivity contribution in [1.82, 2.24) is 15.1 Å². The zero-order valence-electron chi connectivity index (χ0n) is 16.2. The minimum Gasteiger partial charge on any atom is -0.486 e. The number of carbonyl (C=O) groups is 2. The Hall–Kier alpha value is -2.28. The molecule has 0 radical (unpaired) electrons. The summed E-state index contributed by atoms with van der Waals surface area (Å²) in [6.07, 6.45) is -0.214. The zero-order valence-corrected chi connectivity index (χ0v) is 16.2. The van der Waals surface area contributed by atoms with Crippen LogP contribution in [0.15, 0.2) is 24.3 Å². The number of nitrogens with zero attached hydrogens (tertiary/aromatic N) is 2. The van der Waals surface area contributed by atoms with E-state index < -0.39 is 0 Å². The van der Waals surface area contributed by atoms with Gasteiger partial charge in [-0.25, -0.2) is 0 Å². The minimum absolute atomic E-state index is 0.0708. The first-order valence-electron chi connectivity index (χ1n) is 8.76. The highest BCUT2D eigenvalue weighted by molar-refractivity contribution is 5.81. The van der Waals surface area contributed by atoms with Crippen molar-refractivity contribution in [3.8, 4) is 11.5 Å². The fourth-order valence-corrected chi connectivity index (χ4v) is 2.67. The van der Waals surface area contributed by atoms with E-state index in [1.807, 2.05) is 45.0 Å². The smallest absolute Gasteiger partial charge is 0.236 e. The summed E-state index contributed by atoms with van der Waals surface area (Å²) in [5.41, 5.74) is -0.284. The van der Waals surface area contributed by atoms with Gasteiger partial charge in [-0.05, 0) is 40.0 Å². The molecule has 1 aromatic carbocycles. The largest absolute Gasteiger partial charge is 0.486 e. The van der Waals surface area contributed by atoms with Crippen LogP contribution in [0.1, 0.15) is 20.8 Å². The normalized spacial score (nSPS) is 16.3. The van der Waals surface area contributed by atoms with Crippen molar-refractivity contribution in [2.75, 3.05) is 40.3 Å². The average molecular weight is 363 g/mol. The van der Waals surface area contributed by atoms with Gasteiger partial charge >= 0.3 is 0 Å². The van der Waals surface area contributed by atoms with Crippen LogP contribution in [-0.4, -0.2) is 73.6 Å². The van der Waals surface area contributed by atoms with Crippen molar-refractivity contribution in [1.29, 1.82) is 0 Å². The van der Waals surface area contributed by atoms with E-state index in [9.17, 15) is 9.59 Å². The molecule has 1 aromatic rings. The average Bonchev–Trinajstić information content (AvgIpc) is 2.52. The molecule has 7 heteroatoms. The maximum atomic E-state index is 12.4. The Kier molecular flexibility index (Phi) is 6.47. The lowest BCUT2D eigenvalue weighted by Crippen LogP contribution is -2.48. The Bertz CT molecular complexity index is 642. The minimum atomic E-state index is -0.284. The lowest BCUT2D eigenvalue weighted by atomic mass is 10.1. The third kappa shape index (κ3) is 6.22. The third-order valence-electron chi connectivity index (χ3n) is 3.80. The second kappa shape index (κ2) is 8.40. The Morgan fingerprint density at radius 3 is 2.46 bits per heavy atom. The first kappa shape index (κ1) is 20.0. The van der Waals surface area contributed by atoms with E-state index in [1.54, 1.807) is 23.9 Å². The van der Waals surface area contributed by atoms with Gasteiger partial charge in [0, 0.05) is 12.6 Å². The van der Waals surface area contributed by atoms with E-state index >= 15 is 0 Å². The van der Waals surface area contributed by atoms with Gasteiger partial charge in [0.2, 0.25) is 11.8 Å². The summed E-state index contributed by atoms with van der Waals surface area (Å²) >= 11 is 0. The number of hydrogen-bond acceptors (Lipinski definition) is 5. The monoisotopic (exact) mass is 363 g/mol. The van der Waals surface area contributed by atoms with Crippen molar-refractivity contribution in [2.45, 2.75) is 32.4 Å². The van der Waals surface area contributed by atoms with E-state index in [1.165, 1.54) is 0 Å². The summed E-state index contributed by atoms with van der Waals surface area (Å²) in [5, 5.41) is 2.89. The van der Waals surface area contributed by atoms with E-state index in [0.29, 0.717) is 18.9 Å². The van der Waals surface area contributed by atoms with Crippen LogP contribution in [0.2, 0.25) is 0 Å². The number of amides is 2. The van der Waals surface area contributed by atoms with Gasteiger partial charge in [-0.15, -0.1) is 0 Å². The van der Waals surface area contributed by atoms with Crippen molar-refractivity contribution in [2.24, 2.45) is 0 Å². The lowest BCUT2D eigenvalue weighted by Gasteiger charge is -2.30. The molecule has 0 unspecified atom stereocenters. The van der Waals surface area contributed by atoms with Crippen molar-refractivity contribution >= 4 is 11.8 Å². The van der Waals surface area contributed by atoms with E-state index in [4.69, 9.17) is 9.47 Å². The number of nitrogens with one attached hydrogen (secondary N) is 1. The second-order valence-electron chi connectivity index (χ2n) is 7.74. The van der Waals surface area contributed by atoms with Gasteiger partial charge in [0.05, 0.1) is 19.6 Å². The van der Waals surface area contributed by atoms with Crippen molar-refractivity contribution in [3.05, 3.63) is 24.3 Å². The van der Waals surface area contributed by atoms with Gasteiger partial charge in [-0.1, -0.05) is 12.1 Å². The molecule has 0 bridgehead atoms. The molecule has 1 atom stereocenters. The van der Waals surface area contributed by atoms with Crippen LogP contribution >= 0.6 is 0 Å². The van der Waals surface area contributed by atoms with Crippen LogP contribution in [0.5, 0.6) is 11.5 Å². The fraction of sp³-hybridized carbons (Fsp3) is 0.579. The number of benzene rings is 1. The molecule has 0 fully saturated rings. The highest BCUT2D eigenvalue weighted by Crippen LogP contribution is 2.30. The van der Waals surface area contributed by atoms with Crippen molar-refractivity contribution < 1.29 is 19.1 Å². The molecule has 1 aliphatic rings. The number of fused-ring (bicyclic) bond motifs is 1. The molecule has 1 aliphatic heterocycles. The molecule has 1 heterocycles. The third-order valence-corrected chi connectivity index (χ3v) is 3.80. The number of carbonyl (C=O) groups excluding carboxylic acids is 2. The predicted molar refractivity (Wildman–Crippen MR) is 99.4 cm³/mol. The fourth-order valence-electron chi connectivity index (χ4n) is 2.67. The molecule has 2 amide bonds. The van der Waals surface area contributed by atoms with E-state index in [-0.39, 0.29) is 36.5 Å². The first-order chi connectivity index (χ1) is 12.1. The van der Waals surface area contributed by atoms with Crippen LogP contribution in [0.4, 0.5) is 0 Å². The highest BCUT2D eigenvalue weighted by Gasteiger charge is 2.24. The Morgan fingerprint density at radius 2 is 1.81 bits per heavy atom. The van der Waals surface area contributed by atoms with Gasteiger partial charge in [0.25, 0.3) is 0 Å². The molecule has 0 saturated heterocycles. The molecule has 2 rings (SSSR count). The Labute approximate surface area is 155 Å². The maximum Gasteiger partial charge on any atom is 0.236 e. The van der Waals surface area contributed by atoms with Crippen LogP contribution < -0.4 is 14.8 Å². The van der Waals surface area contributed by atoms with Crippen LogP contribution in [0.3, 0.4) is 0 Å². The lowest BCUT2D eigenvalue weighted by molar-refractivity contribution is -0.133. The quantitative estimate of drug-likeness (QED) is 0.820. The molecule has 0 saturated carbocycles. The van der Waals surface area contributed by atoms with Gasteiger partial charge < -0.3 is 19.7 Å². The number of ether oxygens (including phenoxy) is 2. The summed E-state index contributed by atoms with van der Waals surface area (Å²) in [5.74, 6) is 1.25. The van der Waals surface area contributed by atoms with Gasteiger partial charge in [-0.3, -0.25) is 14.5 Å². The molecule has 144 valence electrons. The zero-order chi connectivity index (χ0) is 19.3. The molecule has 0 aromatic heterocycles. The summed E-state index contributed by atoms with van der Waals surface area (Å²) in [6.45, 7) is 6.94. The van der Waals surface area contributed by atoms with Gasteiger partial charge in [0.15, 0.2) is 17.6 Å². The van der Waals surface area contributed by atoms with Crippen LogP contribution in [0.25, 0.3) is 0 Å². The SMILES string of the molecule is CN(CC(=O)NC(C)(C)C)CC(=O)N(C)C[C@@H]1COc2ccccc2O1. The number of likely N-dealkylation sites (N-methyl/N-ethyl adjacent to an activating group) is 2. The maximum absolute atomic E-state index is 12.4. The number of para-hydroxylation sites is 2. The van der Waals surface area contributed by atoms with E-state index in [0.717, 1.165) is 5.75 Å². The van der Waals surface area contributed by atoms with Crippen LogP contribution in [-0.2, 0) is 9.59 Å². The number of hydrogen-bond donors (Lipinski definition) is 1. The summed E-state index contributed by atoms with van der Waals surface area (Å²) in [4.78, 5) is 27.6. The summed E-state index contributed by atoms with van der Waals surface area (Å²) < 4.78 is 11.6. The van der Waals surface area contributed by atoms with Crippen LogP contribution in [0, 0.1) is 0 Å². The summed E-state index contributed by atoms with van der Waals surface area (Å²) in [6, 6.07) is 7.49. The molecule has 1 N–H and O–H groups in total.